The van der Waals surface area contributed by atoms with Crippen LogP contribution in [0.25, 0.3) is 0 Å². The fourth-order valence-corrected chi connectivity index (χ4v) is 1.15. The predicted octanol–water partition coefficient (Wildman–Crippen LogP) is 0.290. The summed E-state index contributed by atoms with van der Waals surface area (Å²) < 4.78 is 0. The summed E-state index contributed by atoms with van der Waals surface area (Å²) in [5.41, 5.74) is -0.764. The van der Waals surface area contributed by atoms with E-state index in [1.807, 2.05) is 0 Å². The third-order valence-corrected chi connectivity index (χ3v) is 1.84. The van der Waals surface area contributed by atoms with Gasteiger partial charge < -0.3 is 10.4 Å². The first kappa shape index (κ1) is 8.32. The van der Waals surface area contributed by atoms with Crippen LogP contribution in [-0.2, 0) is 0 Å². The number of allylic oxidation sites excluding steroid dienone is 1. The maximum atomic E-state index is 9.74. The van der Waals surface area contributed by atoms with Gasteiger partial charge in [-0.3, -0.25) is 0 Å². The molecule has 0 aliphatic carbocycles. The van der Waals surface area contributed by atoms with Crippen molar-refractivity contribution in [1.29, 1.82) is 0 Å². The number of rotatable bonds is 0. The highest BCUT2D eigenvalue weighted by atomic mass is 16.3. The zero-order valence-electron chi connectivity index (χ0n) is 6.56. The van der Waals surface area contributed by atoms with E-state index in [1.165, 1.54) is 6.08 Å². The van der Waals surface area contributed by atoms with E-state index < -0.39 is 5.60 Å². The molecule has 2 heteroatoms. The van der Waals surface area contributed by atoms with Gasteiger partial charge in [-0.1, -0.05) is 18.4 Å². The highest BCUT2D eigenvalue weighted by Crippen LogP contribution is 2.15. The summed E-state index contributed by atoms with van der Waals surface area (Å²) in [6.45, 7) is 5.17. The average molecular weight is 151 g/mol. The lowest BCUT2D eigenvalue weighted by Gasteiger charge is -2.27. The minimum atomic E-state index is -0.764. The van der Waals surface area contributed by atoms with Crippen molar-refractivity contribution in [3.63, 3.8) is 0 Å². The summed E-state index contributed by atoms with van der Waals surface area (Å²) in [6.07, 6.45) is 2.95. The van der Waals surface area contributed by atoms with E-state index in [-0.39, 0.29) is 0 Å². The van der Waals surface area contributed by atoms with Gasteiger partial charge in [-0.25, -0.2) is 0 Å². The molecule has 0 unspecified atom stereocenters. The van der Waals surface area contributed by atoms with Crippen LogP contribution in [0.3, 0.4) is 0 Å². The Morgan fingerprint density at radius 1 is 1.45 bits per heavy atom. The van der Waals surface area contributed by atoms with Crippen LogP contribution in [0.1, 0.15) is 12.8 Å². The van der Waals surface area contributed by atoms with Crippen molar-refractivity contribution < 1.29 is 5.11 Å². The van der Waals surface area contributed by atoms with Crippen LogP contribution in [-0.4, -0.2) is 23.8 Å². The highest BCUT2D eigenvalue weighted by molar-refractivity contribution is 5.21. The fourth-order valence-electron chi connectivity index (χ4n) is 1.15. The van der Waals surface area contributed by atoms with Gasteiger partial charge in [-0.2, -0.15) is 0 Å². The first-order chi connectivity index (χ1) is 5.27. The molecule has 0 amide bonds. The van der Waals surface area contributed by atoms with Gasteiger partial charge in [0, 0.05) is 0 Å². The lowest BCUT2D eigenvalue weighted by Crippen LogP contribution is -2.40. The van der Waals surface area contributed by atoms with Crippen LogP contribution in [0.4, 0.5) is 0 Å². The van der Waals surface area contributed by atoms with Crippen LogP contribution in [0.15, 0.2) is 12.7 Å². The molecule has 0 aromatic carbocycles. The van der Waals surface area contributed by atoms with Gasteiger partial charge in [0.1, 0.15) is 5.60 Å². The molecular formula is C9H13NO. The molecule has 0 bridgehead atoms. The van der Waals surface area contributed by atoms with E-state index in [2.05, 4.69) is 23.7 Å². The minimum Gasteiger partial charge on any atom is -0.377 e. The molecule has 2 nitrogen and oxygen atoms in total. The summed E-state index contributed by atoms with van der Waals surface area (Å²) in [4.78, 5) is 0. The molecular weight excluding hydrogens is 138 g/mol. The van der Waals surface area contributed by atoms with E-state index in [0.29, 0.717) is 12.8 Å². The molecule has 1 heterocycles. The lowest BCUT2D eigenvalue weighted by atomic mass is 9.93. The molecule has 0 aromatic rings. The second-order valence-corrected chi connectivity index (χ2v) is 2.76. The Morgan fingerprint density at radius 3 is 2.64 bits per heavy atom. The molecule has 1 fully saturated rings. The molecule has 0 radical (unpaired) electrons. The van der Waals surface area contributed by atoms with E-state index in [0.717, 1.165) is 13.1 Å². The van der Waals surface area contributed by atoms with E-state index in [9.17, 15) is 5.11 Å². The normalized spacial score (nSPS) is 21.5. The Bertz CT molecular complexity index is 193. The van der Waals surface area contributed by atoms with Crippen molar-refractivity contribution in [1.82, 2.24) is 5.32 Å². The second-order valence-electron chi connectivity index (χ2n) is 2.76. The van der Waals surface area contributed by atoms with Gasteiger partial charge in [-0.15, -0.1) is 0 Å². The number of nitrogens with one attached hydrogen (secondary N) is 1. The fraction of sp³-hybridized carbons (Fsp3) is 0.556. The molecule has 0 aromatic heterocycles. The highest BCUT2D eigenvalue weighted by Gasteiger charge is 2.25. The van der Waals surface area contributed by atoms with E-state index in [1.54, 1.807) is 0 Å². The number of hydrogen-bond donors (Lipinski definition) is 2. The van der Waals surface area contributed by atoms with Gasteiger partial charge in [-0.05, 0) is 32.0 Å². The molecule has 1 saturated heterocycles. The molecule has 0 atom stereocenters. The maximum absolute atomic E-state index is 9.74. The molecule has 0 saturated carbocycles. The zero-order chi connectivity index (χ0) is 8.16. The number of hydrogen-bond acceptors (Lipinski definition) is 2. The minimum absolute atomic E-state index is 0.716. The summed E-state index contributed by atoms with van der Waals surface area (Å²) in [5, 5.41) is 12.9. The number of aliphatic hydroxyl groups is 1. The average Bonchev–Trinajstić information content (AvgIpc) is 2.03. The van der Waals surface area contributed by atoms with Gasteiger partial charge in [0.25, 0.3) is 0 Å². The molecule has 2 N–H and O–H groups in total. The zero-order valence-corrected chi connectivity index (χ0v) is 6.56. The smallest absolute Gasteiger partial charge is 0.128 e. The van der Waals surface area contributed by atoms with Crippen molar-refractivity contribution >= 4 is 0 Å². The maximum Gasteiger partial charge on any atom is 0.128 e. The van der Waals surface area contributed by atoms with Crippen molar-refractivity contribution in [2.75, 3.05) is 13.1 Å². The third kappa shape index (κ3) is 2.38. The van der Waals surface area contributed by atoms with Gasteiger partial charge in [0.15, 0.2) is 0 Å². The Labute approximate surface area is 67.3 Å². The van der Waals surface area contributed by atoms with Crippen LogP contribution < -0.4 is 5.32 Å². The molecule has 1 rings (SSSR count). The summed E-state index contributed by atoms with van der Waals surface area (Å²) in [6, 6.07) is 0. The molecule has 1 aliphatic heterocycles. The quantitative estimate of drug-likeness (QED) is 0.488. The summed E-state index contributed by atoms with van der Waals surface area (Å²) in [7, 11) is 0. The van der Waals surface area contributed by atoms with E-state index in [4.69, 9.17) is 0 Å². The van der Waals surface area contributed by atoms with Crippen LogP contribution >= 0.6 is 0 Å². The number of piperidine rings is 1. The third-order valence-electron chi connectivity index (χ3n) is 1.84. The van der Waals surface area contributed by atoms with Gasteiger partial charge in [0.05, 0.1) is 0 Å². The Morgan fingerprint density at radius 2 is 2.09 bits per heavy atom. The molecule has 60 valence electrons. The first-order valence-electron chi connectivity index (χ1n) is 3.83. The molecule has 1 aliphatic rings. The molecule has 11 heavy (non-hydrogen) atoms. The van der Waals surface area contributed by atoms with Crippen molar-refractivity contribution in [2.24, 2.45) is 0 Å². The van der Waals surface area contributed by atoms with Gasteiger partial charge >= 0.3 is 0 Å². The monoisotopic (exact) mass is 151 g/mol. The Balaban J connectivity index is 2.56. The van der Waals surface area contributed by atoms with Crippen LogP contribution in [0.2, 0.25) is 0 Å². The first-order valence-corrected chi connectivity index (χ1v) is 3.83. The SMILES string of the molecule is C=CC#CC1(O)CCNCC1. The van der Waals surface area contributed by atoms with Crippen LogP contribution in [0, 0.1) is 11.8 Å². The lowest BCUT2D eigenvalue weighted by molar-refractivity contribution is 0.0679. The van der Waals surface area contributed by atoms with E-state index >= 15 is 0 Å². The van der Waals surface area contributed by atoms with Crippen LogP contribution in [0.5, 0.6) is 0 Å². The molecule has 0 spiro atoms. The Hall–Kier alpha value is -0.780. The topological polar surface area (TPSA) is 32.3 Å². The summed E-state index contributed by atoms with van der Waals surface area (Å²) >= 11 is 0. The largest absolute Gasteiger partial charge is 0.377 e. The second kappa shape index (κ2) is 3.56. The standard InChI is InChI=1S/C9H13NO/c1-2-3-4-9(11)5-7-10-8-6-9/h2,10-11H,1,5-8H2. The van der Waals surface area contributed by atoms with Gasteiger partial charge in [0.2, 0.25) is 0 Å². The van der Waals surface area contributed by atoms with Crippen molar-refractivity contribution in [3.8, 4) is 11.8 Å². The Kier molecular flexibility index (Phi) is 2.70. The van der Waals surface area contributed by atoms with Crippen molar-refractivity contribution in [2.45, 2.75) is 18.4 Å². The summed E-state index contributed by atoms with van der Waals surface area (Å²) in [5.74, 6) is 5.49. The predicted molar refractivity (Wildman–Crippen MR) is 45.0 cm³/mol. The van der Waals surface area contributed by atoms with Crippen molar-refractivity contribution in [3.05, 3.63) is 12.7 Å².